The van der Waals surface area contributed by atoms with E-state index in [0.29, 0.717) is 35.6 Å². The van der Waals surface area contributed by atoms with Crippen molar-refractivity contribution in [2.75, 3.05) is 5.32 Å². The van der Waals surface area contributed by atoms with Crippen molar-refractivity contribution in [3.63, 3.8) is 0 Å². The number of nitrogens with one attached hydrogen (secondary N) is 3. The van der Waals surface area contributed by atoms with Gasteiger partial charge in [-0.15, -0.1) is 10.2 Å². The van der Waals surface area contributed by atoms with E-state index in [1.807, 2.05) is 29.8 Å². The molecule has 1 atom stereocenters. The molecular weight excluding hydrogens is 469 g/mol. The molecule has 0 unspecified atom stereocenters. The van der Waals surface area contributed by atoms with Gasteiger partial charge in [0.25, 0.3) is 5.91 Å². The van der Waals surface area contributed by atoms with E-state index in [4.69, 9.17) is 0 Å². The predicted octanol–water partition coefficient (Wildman–Crippen LogP) is 4.69. The second-order valence-corrected chi connectivity index (χ2v) is 10.9. The number of hydrogen-bond donors (Lipinski definition) is 3. The molecule has 1 aromatic carbocycles. The van der Waals surface area contributed by atoms with Crippen molar-refractivity contribution < 1.29 is 9.18 Å². The molecule has 8 nitrogen and oxygen atoms in total. The number of carbonyl (C=O) groups excluding carboxylic acids is 1. The molecule has 6 rings (SSSR count). The van der Waals surface area contributed by atoms with Gasteiger partial charge in [-0.25, -0.2) is 9.37 Å². The Labute approximate surface area is 215 Å². The van der Waals surface area contributed by atoms with Crippen molar-refractivity contribution in [2.24, 2.45) is 18.9 Å². The molecule has 0 aliphatic heterocycles. The molecule has 2 fully saturated rings. The van der Waals surface area contributed by atoms with Gasteiger partial charge in [0.05, 0.1) is 10.9 Å². The van der Waals surface area contributed by atoms with Crippen LogP contribution in [-0.4, -0.2) is 36.7 Å². The second kappa shape index (κ2) is 9.06. The van der Waals surface area contributed by atoms with E-state index in [-0.39, 0.29) is 22.5 Å². The minimum atomic E-state index is -0.465. The first-order valence-corrected chi connectivity index (χ1v) is 13.0. The molecule has 0 spiro atoms. The lowest BCUT2D eigenvalue weighted by Crippen LogP contribution is -2.43. The van der Waals surface area contributed by atoms with Gasteiger partial charge in [0, 0.05) is 31.5 Å². The maximum absolute atomic E-state index is 14.5. The monoisotopic (exact) mass is 501 g/mol. The summed E-state index contributed by atoms with van der Waals surface area (Å²) in [6.07, 6.45) is 7.43. The molecule has 3 aromatic heterocycles. The van der Waals surface area contributed by atoms with Gasteiger partial charge in [0.2, 0.25) is 0 Å². The third-order valence-corrected chi connectivity index (χ3v) is 8.05. The molecule has 3 N–H and O–H groups in total. The van der Waals surface area contributed by atoms with Crippen molar-refractivity contribution in [2.45, 2.75) is 57.5 Å². The largest absolute Gasteiger partial charge is 0.357 e. The zero-order valence-electron chi connectivity index (χ0n) is 21.4. The van der Waals surface area contributed by atoms with E-state index >= 15 is 0 Å². The van der Waals surface area contributed by atoms with Crippen LogP contribution in [0.4, 0.5) is 10.1 Å². The minimum Gasteiger partial charge on any atom is -0.357 e. The number of rotatable bonds is 8. The zero-order chi connectivity index (χ0) is 25.7. The van der Waals surface area contributed by atoms with Gasteiger partial charge in [-0.2, -0.15) is 0 Å². The molecule has 0 saturated heterocycles. The maximum Gasteiger partial charge on any atom is 0.274 e. The lowest BCUT2D eigenvalue weighted by molar-refractivity contribution is 0.102. The summed E-state index contributed by atoms with van der Waals surface area (Å²) in [4.78, 5) is 20.7. The van der Waals surface area contributed by atoms with Crippen molar-refractivity contribution in [1.82, 2.24) is 30.0 Å². The van der Waals surface area contributed by atoms with E-state index < -0.39 is 5.82 Å². The Morgan fingerprint density at radius 1 is 1.30 bits per heavy atom. The van der Waals surface area contributed by atoms with Gasteiger partial charge in [-0.05, 0) is 73.8 Å². The number of anilines is 1. The van der Waals surface area contributed by atoms with Crippen LogP contribution < -0.4 is 10.6 Å². The number of halogens is 1. The summed E-state index contributed by atoms with van der Waals surface area (Å²) >= 11 is 0. The average Bonchev–Trinajstić information content (AvgIpc) is 3.54. The Hall–Kier alpha value is -3.59. The molecule has 2 aliphatic rings. The number of carbonyl (C=O) groups is 1. The van der Waals surface area contributed by atoms with Crippen molar-refractivity contribution in [3.05, 3.63) is 71.3 Å². The van der Waals surface area contributed by atoms with Gasteiger partial charge in [-0.1, -0.05) is 19.1 Å². The highest BCUT2D eigenvalue weighted by Crippen LogP contribution is 2.51. The summed E-state index contributed by atoms with van der Waals surface area (Å²) in [7, 11) is 1.96. The number of benzene rings is 1. The highest BCUT2D eigenvalue weighted by Gasteiger charge is 2.48. The lowest BCUT2D eigenvalue weighted by Gasteiger charge is -2.46. The Bertz CT molecular complexity index is 1460. The third-order valence-electron chi connectivity index (χ3n) is 8.05. The number of nitrogens with zero attached hydrogens (tertiary/aromatic N) is 4. The fraction of sp³-hybridized carbons (Fsp3) is 0.429. The Morgan fingerprint density at radius 3 is 2.81 bits per heavy atom. The van der Waals surface area contributed by atoms with Crippen LogP contribution in [0, 0.1) is 17.7 Å². The highest BCUT2D eigenvalue weighted by atomic mass is 19.1. The number of aromatic nitrogens is 5. The molecule has 1 amide bonds. The number of H-pyrrole nitrogens is 1. The molecule has 37 heavy (non-hydrogen) atoms. The van der Waals surface area contributed by atoms with Crippen LogP contribution in [0.25, 0.3) is 11.0 Å². The smallest absolute Gasteiger partial charge is 0.274 e. The van der Waals surface area contributed by atoms with Gasteiger partial charge < -0.3 is 20.2 Å². The third kappa shape index (κ3) is 4.31. The van der Waals surface area contributed by atoms with Gasteiger partial charge in [0.1, 0.15) is 23.4 Å². The van der Waals surface area contributed by atoms with Crippen LogP contribution in [0.1, 0.15) is 67.0 Å². The Kier molecular flexibility index (Phi) is 5.82. The molecule has 9 heteroatoms. The number of hydrogen-bond acceptors (Lipinski definition) is 5. The number of amides is 1. The van der Waals surface area contributed by atoms with E-state index in [9.17, 15) is 9.18 Å². The Balaban J connectivity index is 1.27. The average molecular weight is 502 g/mol. The summed E-state index contributed by atoms with van der Waals surface area (Å²) in [6, 6.07) is 10.0. The highest BCUT2D eigenvalue weighted by molar-refractivity contribution is 6.04. The fourth-order valence-corrected chi connectivity index (χ4v) is 5.91. The summed E-state index contributed by atoms with van der Waals surface area (Å²) in [5, 5.41) is 15.0. The number of pyridine rings is 1. The van der Waals surface area contributed by atoms with Crippen molar-refractivity contribution in [1.29, 1.82) is 0 Å². The van der Waals surface area contributed by atoms with Crippen molar-refractivity contribution in [3.8, 4) is 0 Å². The van der Waals surface area contributed by atoms with Crippen LogP contribution in [0.3, 0.4) is 0 Å². The number of aryl methyl sites for hydroxylation is 1. The quantitative estimate of drug-likeness (QED) is 0.325. The first-order valence-electron chi connectivity index (χ1n) is 13.0. The molecular formula is C28H32FN7O. The van der Waals surface area contributed by atoms with Crippen LogP contribution in [-0.2, 0) is 19.0 Å². The molecule has 4 aromatic rings. The van der Waals surface area contributed by atoms with E-state index in [2.05, 4.69) is 50.7 Å². The van der Waals surface area contributed by atoms with Gasteiger partial charge in [0.15, 0.2) is 5.82 Å². The normalized spacial score (nSPS) is 22.1. The zero-order valence-corrected chi connectivity index (χ0v) is 21.4. The fourth-order valence-electron chi connectivity index (χ4n) is 5.91. The van der Waals surface area contributed by atoms with E-state index in [1.54, 1.807) is 12.4 Å². The summed E-state index contributed by atoms with van der Waals surface area (Å²) in [5.74, 6) is 1.37. The first-order chi connectivity index (χ1) is 17.8. The van der Waals surface area contributed by atoms with E-state index in [0.717, 1.165) is 29.8 Å². The molecule has 0 bridgehead atoms. The molecule has 0 radical (unpaired) electrons. The van der Waals surface area contributed by atoms with Gasteiger partial charge in [-0.3, -0.25) is 4.79 Å². The molecule has 192 valence electrons. The predicted molar refractivity (Wildman–Crippen MR) is 140 cm³/mol. The van der Waals surface area contributed by atoms with Crippen molar-refractivity contribution >= 4 is 22.6 Å². The molecule has 3 heterocycles. The first kappa shape index (κ1) is 23.8. The van der Waals surface area contributed by atoms with Crippen LogP contribution in [0.15, 0.2) is 42.9 Å². The van der Waals surface area contributed by atoms with E-state index in [1.165, 1.54) is 19.0 Å². The number of aromatic amines is 1. The lowest BCUT2D eigenvalue weighted by atomic mass is 9.58. The maximum atomic E-state index is 14.5. The summed E-state index contributed by atoms with van der Waals surface area (Å²) in [6.45, 7) is 4.94. The second-order valence-electron chi connectivity index (χ2n) is 10.9. The van der Waals surface area contributed by atoms with Gasteiger partial charge >= 0.3 is 0 Å². The summed E-state index contributed by atoms with van der Waals surface area (Å²) < 4.78 is 16.5. The summed E-state index contributed by atoms with van der Waals surface area (Å²) in [5.41, 5.74) is 3.35. The van der Waals surface area contributed by atoms with Crippen LogP contribution in [0.2, 0.25) is 0 Å². The molecule has 2 aliphatic carbocycles. The topological polar surface area (TPSA) is 101 Å². The molecule has 2 saturated carbocycles. The standard InChI is InChI=1S/C28H32FN7O/c1-16-11-28(12-16,27-35-32-15-36(27)3)20-5-4-6-21(10-20)33-26(37)23-9-19(13-30-17(2)18-7-8-18)24-25(34-23)22(29)14-31-24/h4-6,9-10,14-18,30-31H,7-8,11-13H2,1-3H3,(H,33,37)/t16?,17-,28?/m0/s1. The minimum absolute atomic E-state index is 0.182. The van der Waals surface area contributed by atoms with Crippen LogP contribution in [0.5, 0.6) is 0 Å². The van der Waals surface area contributed by atoms with Crippen LogP contribution >= 0.6 is 0 Å². The number of fused-ring (bicyclic) bond motifs is 1. The SMILES string of the molecule is CC1CC(c2cccc(NC(=O)c3cc(CN[C@@H](C)C4CC4)c4[nH]cc(F)c4n3)c2)(c2nncn2C)C1. The Morgan fingerprint density at radius 2 is 2.11 bits per heavy atom.